The lowest BCUT2D eigenvalue weighted by Crippen LogP contribution is -2.30. The average molecular weight is 1110 g/mol. The quantitative estimate of drug-likeness (QED) is 0.0261. The summed E-state index contributed by atoms with van der Waals surface area (Å²) in [5.41, 5.74) is 0. The highest BCUT2D eigenvalue weighted by molar-refractivity contribution is 5.71. The Morgan fingerprint density at radius 3 is 0.772 bits per heavy atom. The van der Waals surface area contributed by atoms with E-state index in [0.717, 1.165) is 83.5 Å². The standard InChI is InChI=1S/C73H134O6/c1-4-7-10-13-16-19-22-25-27-29-31-33-35-36-38-39-41-43-45-48-51-54-57-60-63-66-72(75)78-69-70(68-77-71(74)65-62-59-56-53-50-47-24-21-18-15-12-9-6-3)79-73(76)67-64-61-58-55-52-49-46-44-42-40-37-34-32-30-28-26-23-20-17-14-11-8-5-2/h7,10,16,19,25,27,31,33,70H,4-6,8-9,11-15,17-18,20-24,26,28-30,32,34-69H2,1-3H3/b10-7-,19-16-,27-25-,33-31-. The summed E-state index contributed by atoms with van der Waals surface area (Å²) in [6, 6.07) is 0. The van der Waals surface area contributed by atoms with Gasteiger partial charge in [0.1, 0.15) is 13.2 Å². The predicted octanol–water partition coefficient (Wildman–Crippen LogP) is 24.1. The van der Waals surface area contributed by atoms with Crippen molar-refractivity contribution in [3.05, 3.63) is 48.6 Å². The lowest BCUT2D eigenvalue weighted by molar-refractivity contribution is -0.167. The van der Waals surface area contributed by atoms with Crippen molar-refractivity contribution in [1.82, 2.24) is 0 Å². The number of rotatable bonds is 65. The molecule has 1 atom stereocenters. The molecule has 0 saturated carbocycles. The summed E-state index contributed by atoms with van der Waals surface area (Å²) in [6.45, 7) is 6.60. The normalized spacial score (nSPS) is 12.3. The highest BCUT2D eigenvalue weighted by Gasteiger charge is 2.19. The number of hydrogen-bond donors (Lipinski definition) is 0. The van der Waals surface area contributed by atoms with Gasteiger partial charge in [0.25, 0.3) is 0 Å². The van der Waals surface area contributed by atoms with Gasteiger partial charge in [0.2, 0.25) is 0 Å². The van der Waals surface area contributed by atoms with Gasteiger partial charge in [-0.15, -0.1) is 0 Å². The molecule has 0 aliphatic heterocycles. The number of carbonyl (C=O) groups excluding carboxylic acids is 3. The van der Waals surface area contributed by atoms with Crippen molar-refractivity contribution >= 4 is 17.9 Å². The van der Waals surface area contributed by atoms with Gasteiger partial charge in [0.05, 0.1) is 0 Å². The molecule has 0 rings (SSSR count). The molecule has 0 fully saturated rings. The second-order valence-electron chi connectivity index (χ2n) is 23.8. The van der Waals surface area contributed by atoms with Crippen LogP contribution in [0.4, 0.5) is 0 Å². The maximum Gasteiger partial charge on any atom is 0.306 e. The van der Waals surface area contributed by atoms with Crippen LogP contribution in [-0.2, 0) is 28.6 Å². The lowest BCUT2D eigenvalue weighted by atomic mass is 10.0. The molecule has 0 spiro atoms. The van der Waals surface area contributed by atoms with Crippen molar-refractivity contribution in [2.75, 3.05) is 13.2 Å². The minimum atomic E-state index is -0.771. The van der Waals surface area contributed by atoms with E-state index in [0.29, 0.717) is 19.3 Å². The first-order valence-electron chi connectivity index (χ1n) is 35.1. The summed E-state index contributed by atoms with van der Waals surface area (Å²) in [6.07, 6.45) is 85.7. The fourth-order valence-corrected chi connectivity index (χ4v) is 10.6. The Kier molecular flexibility index (Phi) is 65.6. The van der Waals surface area contributed by atoms with Crippen LogP contribution < -0.4 is 0 Å². The van der Waals surface area contributed by atoms with Crippen molar-refractivity contribution < 1.29 is 28.6 Å². The average Bonchev–Trinajstić information content (AvgIpc) is 3.45. The molecule has 79 heavy (non-hydrogen) atoms. The van der Waals surface area contributed by atoms with Crippen molar-refractivity contribution in [3.8, 4) is 0 Å². The van der Waals surface area contributed by atoms with Crippen LogP contribution in [0, 0.1) is 0 Å². The van der Waals surface area contributed by atoms with Crippen LogP contribution in [0.2, 0.25) is 0 Å². The molecule has 462 valence electrons. The lowest BCUT2D eigenvalue weighted by Gasteiger charge is -2.18. The zero-order valence-electron chi connectivity index (χ0n) is 53.2. The van der Waals surface area contributed by atoms with Gasteiger partial charge in [0.15, 0.2) is 6.10 Å². The van der Waals surface area contributed by atoms with Gasteiger partial charge in [-0.1, -0.05) is 352 Å². The summed E-state index contributed by atoms with van der Waals surface area (Å²) in [4.78, 5) is 38.4. The third-order valence-electron chi connectivity index (χ3n) is 15.8. The van der Waals surface area contributed by atoms with Crippen LogP contribution in [0.3, 0.4) is 0 Å². The molecule has 0 saturated heterocycles. The number of allylic oxidation sites excluding steroid dienone is 8. The van der Waals surface area contributed by atoms with Crippen LogP contribution in [-0.4, -0.2) is 37.2 Å². The Balaban J connectivity index is 4.24. The maximum absolute atomic E-state index is 13.0. The van der Waals surface area contributed by atoms with Crippen LogP contribution in [0.15, 0.2) is 48.6 Å². The summed E-state index contributed by atoms with van der Waals surface area (Å²) in [5.74, 6) is -0.840. The first kappa shape index (κ1) is 76.4. The zero-order valence-corrected chi connectivity index (χ0v) is 53.2. The van der Waals surface area contributed by atoms with Crippen molar-refractivity contribution in [3.63, 3.8) is 0 Å². The monoisotopic (exact) mass is 1110 g/mol. The molecular weight excluding hydrogens is 973 g/mol. The van der Waals surface area contributed by atoms with Crippen molar-refractivity contribution in [2.24, 2.45) is 0 Å². The van der Waals surface area contributed by atoms with E-state index in [1.807, 2.05) is 0 Å². The minimum Gasteiger partial charge on any atom is -0.462 e. The van der Waals surface area contributed by atoms with E-state index < -0.39 is 6.10 Å². The molecule has 0 radical (unpaired) electrons. The number of carbonyl (C=O) groups is 3. The van der Waals surface area contributed by atoms with E-state index >= 15 is 0 Å². The first-order chi connectivity index (χ1) is 39.0. The Bertz CT molecular complexity index is 1360. The molecule has 1 unspecified atom stereocenters. The smallest absolute Gasteiger partial charge is 0.306 e. The van der Waals surface area contributed by atoms with Crippen LogP contribution in [0.5, 0.6) is 0 Å². The van der Waals surface area contributed by atoms with E-state index in [-0.39, 0.29) is 31.1 Å². The van der Waals surface area contributed by atoms with Crippen LogP contribution >= 0.6 is 0 Å². The van der Waals surface area contributed by atoms with Crippen molar-refractivity contribution in [1.29, 1.82) is 0 Å². The number of ether oxygens (including phenoxy) is 3. The highest BCUT2D eigenvalue weighted by Crippen LogP contribution is 2.19. The third kappa shape index (κ3) is 66.1. The SMILES string of the molecule is CC/C=C\C/C=C\C/C=C\C/C=C\CCCCCCCCCCCCCCC(=O)OCC(COC(=O)CCCCCCCCCCCCCCC)OC(=O)CCCCCCCCCCCCCCCCCCCCCCCCC. The van der Waals surface area contributed by atoms with Gasteiger partial charge in [0, 0.05) is 19.3 Å². The minimum absolute atomic E-state index is 0.0671. The zero-order chi connectivity index (χ0) is 57.1. The highest BCUT2D eigenvalue weighted by atomic mass is 16.6. The Hall–Kier alpha value is -2.63. The molecule has 0 aliphatic carbocycles. The van der Waals surface area contributed by atoms with Gasteiger partial charge in [-0.3, -0.25) is 14.4 Å². The Labute approximate surface area is 492 Å². The first-order valence-corrected chi connectivity index (χ1v) is 35.1. The molecule has 0 aromatic heterocycles. The predicted molar refractivity (Wildman–Crippen MR) is 344 cm³/mol. The van der Waals surface area contributed by atoms with Crippen molar-refractivity contribution in [2.45, 2.75) is 386 Å². The molecule has 0 aromatic carbocycles. The van der Waals surface area contributed by atoms with Crippen LogP contribution in [0.1, 0.15) is 380 Å². The van der Waals surface area contributed by atoms with Gasteiger partial charge in [-0.25, -0.2) is 0 Å². The second-order valence-corrected chi connectivity index (χ2v) is 23.8. The van der Waals surface area contributed by atoms with Crippen LogP contribution in [0.25, 0.3) is 0 Å². The van der Waals surface area contributed by atoms with E-state index in [9.17, 15) is 14.4 Å². The third-order valence-corrected chi connectivity index (χ3v) is 15.8. The topological polar surface area (TPSA) is 78.9 Å². The van der Waals surface area contributed by atoms with E-state index in [4.69, 9.17) is 14.2 Å². The molecule has 0 N–H and O–H groups in total. The molecular formula is C73H134O6. The molecule has 0 heterocycles. The Morgan fingerprint density at radius 1 is 0.266 bits per heavy atom. The summed E-state index contributed by atoms with van der Waals surface area (Å²) in [5, 5.41) is 0. The van der Waals surface area contributed by atoms with E-state index in [1.54, 1.807) is 0 Å². The van der Waals surface area contributed by atoms with Gasteiger partial charge in [-0.2, -0.15) is 0 Å². The summed E-state index contributed by atoms with van der Waals surface area (Å²) in [7, 11) is 0. The molecule has 0 aliphatic rings. The second kappa shape index (κ2) is 67.9. The molecule has 0 amide bonds. The summed E-state index contributed by atoms with van der Waals surface area (Å²) >= 11 is 0. The number of esters is 3. The fourth-order valence-electron chi connectivity index (χ4n) is 10.6. The summed E-state index contributed by atoms with van der Waals surface area (Å²) < 4.78 is 17.0. The molecule has 6 nitrogen and oxygen atoms in total. The fraction of sp³-hybridized carbons (Fsp3) is 0.849. The van der Waals surface area contributed by atoms with Gasteiger partial charge in [-0.05, 0) is 57.8 Å². The Morgan fingerprint density at radius 2 is 0.494 bits per heavy atom. The molecule has 0 bridgehead atoms. The number of unbranched alkanes of at least 4 members (excludes halogenated alkanes) is 46. The molecule has 6 heteroatoms. The maximum atomic E-state index is 13.0. The number of hydrogen-bond acceptors (Lipinski definition) is 6. The largest absolute Gasteiger partial charge is 0.462 e. The van der Waals surface area contributed by atoms with E-state index in [2.05, 4.69) is 69.4 Å². The van der Waals surface area contributed by atoms with Gasteiger partial charge < -0.3 is 14.2 Å². The van der Waals surface area contributed by atoms with Gasteiger partial charge >= 0.3 is 17.9 Å². The van der Waals surface area contributed by atoms with E-state index in [1.165, 1.54) is 257 Å². The molecule has 0 aromatic rings.